The van der Waals surface area contributed by atoms with Gasteiger partial charge in [-0.25, -0.2) is 0 Å². The number of aromatic nitrogens is 4. The third-order valence-electron chi connectivity index (χ3n) is 29.4. The van der Waals surface area contributed by atoms with Gasteiger partial charge < -0.3 is 44.8 Å². The highest BCUT2D eigenvalue weighted by molar-refractivity contribution is 6.23. The van der Waals surface area contributed by atoms with E-state index >= 15 is 0 Å². The van der Waals surface area contributed by atoms with Crippen LogP contribution in [0, 0.1) is 0 Å². The molecular formula is C132H78N4O6. The normalized spacial score (nSPS) is 12.1. The number of nitrogens with zero attached hydrogens (tertiary/aromatic N) is 4. The standard InChI is InChI=1S/C48H28N2O2.2C42H25NO2/c1-2-11-31(12-3-1)49-40-17-7-4-13-32(40)36-25-29(21-23-41(36)49)30-22-24-42-37(26-30)38-27-39-34-15-6-8-19-45(34)51-47(39)28-44(38)50(42)43-18-10-16-35-33-14-5-9-20-46(33)52-48(35)43;1-4-13-37-31(8-1)35-24-36-33-10-3-5-14-39(33)44-41(36)25-38(35)43(37)29-22-20-27(21-23-29)26-16-18-28(19-17-26)30-11-7-12-34-32-9-2-6-15-40(32)45-42(30)34;1-4-10-37-31(7-1)34-24-36-33-9-3-6-12-40(33)45-42(36)25-38(34)43(37)30-20-17-27(18-21-30)26-13-15-28(16-14-26)29-19-22-41-35(23-29)32-8-2-5-11-39(32)44-41/h1-28H;2*1-25H. The predicted octanol–water partition coefficient (Wildman–Crippen LogP) is 37.2. The van der Waals surface area contributed by atoms with Crippen LogP contribution >= 0.6 is 0 Å². The van der Waals surface area contributed by atoms with Crippen molar-refractivity contribution < 1.29 is 26.5 Å². The Kier molecular flexibility index (Phi) is 17.4. The van der Waals surface area contributed by atoms with Gasteiger partial charge in [-0.2, -0.15) is 0 Å². The number of para-hydroxylation sites is 12. The molecule has 32 rings (SSSR count). The first-order valence-corrected chi connectivity index (χ1v) is 48.2. The van der Waals surface area contributed by atoms with Gasteiger partial charge in [0, 0.05) is 149 Å². The molecule has 0 radical (unpaired) electrons. The average molecular weight is 1820 g/mol. The highest BCUT2D eigenvalue weighted by atomic mass is 16.3. The summed E-state index contributed by atoms with van der Waals surface area (Å²) in [6, 6.07) is 168. The lowest BCUT2D eigenvalue weighted by Gasteiger charge is -2.10. The first kappa shape index (κ1) is 79.1. The number of furan rings is 6. The fourth-order valence-corrected chi connectivity index (χ4v) is 22.7. The Morgan fingerprint density at radius 3 is 0.838 bits per heavy atom. The van der Waals surface area contributed by atoms with Gasteiger partial charge in [-0.3, -0.25) is 0 Å². The molecule has 22 aromatic carbocycles. The van der Waals surface area contributed by atoms with Crippen molar-refractivity contribution in [3.63, 3.8) is 0 Å². The van der Waals surface area contributed by atoms with E-state index in [1.165, 1.54) is 110 Å². The second kappa shape index (κ2) is 31.2. The van der Waals surface area contributed by atoms with Gasteiger partial charge in [0.15, 0.2) is 5.58 Å². The molecule has 0 aliphatic carbocycles. The van der Waals surface area contributed by atoms with E-state index in [1.807, 2.05) is 72.8 Å². The molecule has 10 aromatic heterocycles. The molecule has 0 N–H and O–H groups in total. The third kappa shape index (κ3) is 12.4. The van der Waals surface area contributed by atoms with Gasteiger partial charge in [0.2, 0.25) is 0 Å². The van der Waals surface area contributed by atoms with Crippen molar-refractivity contribution in [1.29, 1.82) is 0 Å². The van der Waals surface area contributed by atoms with E-state index in [2.05, 4.69) is 419 Å². The van der Waals surface area contributed by atoms with Gasteiger partial charge in [-0.15, -0.1) is 0 Å². The average Bonchev–Trinajstić information content (AvgIpc) is 1.57. The molecule has 0 aliphatic rings. The van der Waals surface area contributed by atoms with Gasteiger partial charge in [-0.05, 0) is 202 Å². The summed E-state index contributed by atoms with van der Waals surface area (Å²) in [5.41, 5.74) is 36.2. The van der Waals surface area contributed by atoms with Crippen molar-refractivity contribution in [3.05, 3.63) is 473 Å². The zero-order chi connectivity index (χ0) is 92.9. The summed E-state index contributed by atoms with van der Waals surface area (Å²) >= 11 is 0. The van der Waals surface area contributed by atoms with Crippen LogP contribution in [-0.4, -0.2) is 18.3 Å². The fraction of sp³-hybridized carbons (Fsp3) is 0. The Bertz CT molecular complexity index is 10800. The number of fused-ring (bicyclic) bond motifs is 30. The Morgan fingerprint density at radius 2 is 0.380 bits per heavy atom. The van der Waals surface area contributed by atoms with E-state index in [-0.39, 0.29) is 0 Å². The quantitative estimate of drug-likeness (QED) is 0.143. The molecule has 0 bridgehead atoms. The van der Waals surface area contributed by atoms with Crippen LogP contribution in [0.25, 0.3) is 297 Å². The van der Waals surface area contributed by atoms with Gasteiger partial charge in [0.1, 0.15) is 61.4 Å². The maximum absolute atomic E-state index is 6.60. The van der Waals surface area contributed by atoms with E-state index < -0.39 is 0 Å². The summed E-state index contributed by atoms with van der Waals surface area (Å²) in [7, 11) is 0. The van der Waals surface area contributed by atoms with Crippen molar-refractivity contribution in [2.75, 3.05) is 0 Å². The summed E-state index contributed by atoms with van der Waals surface area (Å²) in [4.78, 5) is 0. The molecule has 0 fully saturated rings. The van der Waals surface area contributed by atoms with Crippen LogP contribution in [-0.2, 0) is 0 Å². The van der Waals surface area contributed by atoms with Crippen molar-refractivity contribution in [1.82, 2.24) is 18.3 Å². The molecule has 0 saturated carbocycles. The van der Waals surface area contributed by atoms with Crippen LogP contribution in [0.1, 0.15) is 0 Å². The smallest absolute Gasteiger partial charge is 0.159 e. The van der Waals surface area contributed by atoms with Gasteiger partial charge in [0.25, 0.3) is 0 Å². The molecule has 0 atom stereocenters. The molecule has 10 heteroatoms. The molecule has 0 spiro atoms. The van der Waals surface area contributed by atoms with Gasteiger partial charge in [-0.1, -0.05) is 303 Å². The zero-order valence-electron chi connectivity index (χ0n) is 76.3. The third-order valence-corrected chi connectivity index (χ3v) is 29.4. The van der Waals surface area contributed by atoms with Crippen molar-refractivity contribution in [2.45, 2.75) is 0 Å². The highest BCUT2D eigenvalue weighted by Crippen LogP contribution is 2.48. The van der Waals surface area contributed by atoms with Gasteiger partial charge in [0.05, 0.1) is 49.8 Å². The number of rotatable bonds is 9. The molecule has 32 aromatic rings. The van der Waals surface area contributed by atoms with E-state index in [9.17, 15) is 0 Å². The summed E-state index contributed by atoms with van der Waals surface area (Å²) < 4.78 is 47.3. The lowest BCUT2D eigenvalue weighted by atomic mass is 9.98. The summed E-state index contributed by atoms with van der Waals surface area (Å²) in [5, 5.41) is 23.4. The summed E-state index contributed by atoms with van der Waals surface area (Å²) in [6.07, 6.45) is 0. The minimum absolute atomic E-state index is 0.870. The maximum atomic E-state index is 6.60. The van der Waals surface area contributed by atoms with Crippen LogP contribution in [0.15, 0.2) is 500 Å². The molecule has 0 unspecified atom stereocenters. The highest BCUT2D eigenvalue weighted by Gasteiger charge is 2.26. The number of hydrogen-bond donors (Lipinski definition) is 0. The second-order valence-corrected chi connectivity index (χ2v) is 37.2. The van der Waals surface area contributed by atoms with Crippen LogP contribution < -0.4 is 0 Å². The van der Waals surface area contributed by atoms with Crippen molar-refractivity contribution in [2.24, 2.45) is 0 Å². The SMILES string of the molecule is c1ccc(-n2c3ccccc3c3cc(-c4ccc5c(c4)c4cc6c(cc4n5-c4cccc5c4oc4ccccc45)oc4ccccc46)ccc32)cc1.c1ccc2c(c1)oc1cc3c(cc12)c1ccccc1n3-c1ccc(-c2ccc(-c3cccc4c3oc3ccccc34)cc2)cc1.c1ccc2c(c1)oc1ccc(-c3ccc(-c4ccc(-n5c6ccccc6c6cc7c(cc65)oc5ccccc57)cc4)cc3)cc12. The molecule has 10 nitrogen and oxygen atoms in total. The first-order valence-electron chi connectivity index (χ1n) is 48.2. The summed E-state index contributed by atoms with van der Waals surface area (Å²) in [6.45, 7) is 0. The first-order chi connectivity index (χ1) is 70.4. The lowest BCUT2D eigenvalue weighted by Crippen LogP contribution is -1.94. The Balaban J connectivity index is 0.000000100. The number of hydrogen-bond acceptors (Lipinski definition) is 6. The zero-order valence-corrected chi connectivity index (χ0v) is 76.3. The van der Waals surface area contributed by atoms with E-state index in [0.717, 1.165) is 188 Å². The van der Waals surface area contributed by atoms with Crippen LogP contribution in [0.5, 0.6) is 0 Å². The lowest BCUT2D eigenvalue weighted by molar-refractivity contribution is 0.665. The molecule has 0 saturated heterocycles. The molecular weight excluding hydrogens is 1740 g/mol. The van der Waals surface area contributed by atoms with Crippen LogP contribution in [0.3, 0.4) is 0 Å². The van der Waals surface area contributed by atoms with Gasteiger partial charge >= 0.3 is 0 Å². The molecule has 0 amide bonds. The largest absolute Gasteiger partial charge is 0.456 e. The monoisotopic (exact) mass is 1810 g/mol. The fourth-order valence-electron chi connectivity index (χ4n) is 22.7. The van der Waals surface area contributed by atoms with E-state index in [0.29, 0.717) is 0 Å². The topological polar surface area (TPSA) is 98.6 Å². The Morgan fingerprint density at radius 1 is 0.120 bits per heavy atom. The Hall–Kier alpha value is -19.2. The van der Waals surface area contributed by atoms with Crippen LogP contribution in [0.4, 0.5) is 0 Å². The van der Waals surface area contributed by atoms with Crippen molar-refractivity contribution in [3.8, 4) is 78.4 Å². The molecule has 142 heavy (non-hydrogen) atoms. The maximum Gasteiger partial charge on any atom is 0.159 e. The minimum atomic E-state index is 0.870. The summed E-state index contributed by atoms with van der Waals surface area (Å²) in [5.74, 6) is 0. The number of benzene rings is 22. The van der Waals surface area contributed by atoms with E-state index in [4.69, 9.17) is 26.5 Å². The van der Waals surface area contributed by atoms with Crippen molar-refractivity contribution >= 4 is 219 Å². The molecule has 662 valence electrons. The Labute approximate surface area is 809 Å². The molecule has 10 heterocycles. The van der Waals surface area contributed by atoms with Crippen LogP contribution in [0.2, 0.25) is 0 Å². The predicted molar refractivity (Wildman–Crippen MR) is 588 cm³/mol. The second-order valence-electron chi connectivity index (χ2n) is 37.2. The molecule has 0 aliphatic heterocycles. The minimum Gasteiger partial charge on any atom is -0.456 e. The van der Waals surface area contributed by atoms with E-state index in [1.54, 1.807) is 0 Å².